The molecule has 0 unspecified atom stereocenters. The van der Waals surface area contributed by atoms with E-state index in [2.05, 4.69) is 31.9 Å². The molecule has 6 nitrogen and oxygen atoms in total. The quantitative estimate of drug-likeness (QED) is 0.333. The van der Waals surface area contributed by atoms with Crippen LogP contribution in [-0.4, -0.2) is 31.3 Å². The number of hydrogen-bond acceptors (Lipinski definition) is 5. The molecule has 9 heteroatoms. The number of carbonyl (C=O) groups is 1. The van der Waals surface area contributed by atoms with Gasteiger partial charge in [-0.3, -0.25) is 4.79 Å². The number of fused-ring (bicyclic) bond motifs is 1. The summed E-state index contributed by atoms with van der Waals surface area (Å²) >= 11 is 6.74. The number of nitrogens with zero attached hydrogens (tertiary/aromatic N) is 1. The van der Waals surface area contributed by atoms with Crippen molar-refractivity contribution in [1.29, 1.82) is 0 Å². The molecule has 1 atom stereocenters. The lowest BCUT2D eigenvalue weighted by atomic mass is 9.96. The van der Waals surface area contributed by atoms with Crippen molar-refractivity contribution in [3.8, 4) is 5.75 Å². The first-order valence-electron chi connectivity index (χ1n) is 10.7. The first-order chi connectivity index (χ1) is 16.3. The summed E-state index contributed by atoms with van der Waals surface area (Å²) in [4.78, 5) is 13.2. The summed E-state index contributed by atoms with van der Waals surface area (Å²) in [5, 5.41) is 0. The number of carbonyl (C=O) groups excluding carboxylic acids is 1. The van der Waals surface area contributed by atoms with E-state index in [0.29, 0.717) is 11.1 Å². The fourth-order valence-corrected chi connectivity index (χ4v) is 6.36. The van der Waals surface area contributed by atoms with E-state index in [4.69, 9.17) is 9.47 Å². The molecule has 0 aliphatic carbocycles. The Bertz CT molecular complexity index is 1290. The summed E-state index contributed by atoms with van der Waals surface area (Å²) in [5.74, 6) is -0.347. The van der Waals surface area contributed by atoms with Crippen molar-refractivity contribution in [3.05, 3.63) is 92.4 Å². The number of ether oxygens (including phenoxy) is 2. The molecular formula is C25H23Br2NO5S. The van der Waals surface area contributed by atoms with Gasteiger partial charge in [0, 0.05) is 21.9 Å². The van der Waals surface area contributed by atoms with Crippen LogP contribution in [0.3, 0.4) is 0 Å². The topological polar surface area (TPSA) is 72.9 Å². The smallest absolute Gasteiger partial charge is 0.325 e. The number of rotatable bonds is 7. The summed E-state index contributed by atoms with van der Waals surface area (Å²) in [6, 6.07) is 18.8. The van der Waals surface area contributed by atoms with Crippen molar-refractivity contribution < 1.29 is 22.7 Å². The summed E-state index contributed by atoms with van der Waals surface area (Å²) < 4.78 is 41.7. The van der Waals surface area contributed by atoms with E-state index in [1.807, 2.05) is 48.5 Å². The number of benzene rings is 3. The molecule has 0 radical (unpaired) electrons. The highest BCUT2D eigenvalue weighted by molar-refractivity contribution is 9.10. The van der Waals surface area contributed by atoms with Gasteiger partial charge in [0.25, 0.3) is 0 Å². The zero-order valence-corrected chi connectivity index (χ0v) is 22.4. The Morgan fingerprint density at radius 2 is 1.68 bits per heavy atom. The predicted octanol–water partition coefficient (Wildman–Crippen LogP) is 5.47. The number of hydrogen-bond donors (Lipinski definition) is 0. The number of sulfonamides is 1. The van der Waals surface area contributed by atoms with Crippen LogP contribution in [0.15, 0.2) is 80.6 Å². The molecule has 0 N–H and O–H groups in total. The minimum absolute atomic E-state index is 0.00816. The van der Waals surface area contributed by atoms with Crippen LogP contribution in [-0.2, 0) is 39.1 Å². The van der Waals surface area contributed by atoms with Gasteiger partial charge in [-0.2, -0.15) is 4.31 Å². The zero-order valence-electron chi connectivity index (χ0n) is 18.4. The average Bonchev–Trinajstić information content (AvgIpc) is 2.84. The third kappa shape index (κ3) is 5.38. The molecule has 3 aromatic carbocycles. The Kier molecular flexibility index (Phi) is 7.77. The summed E-state index contributed by atoms with van der Waals surface area (Å²) in [5.41, 5.74) is 2.60. The molecule has 4 rings (SSSR count). The van der Waals surface area contributed by atoms with Gasteiger partial charge in [0.15, 0.2) is 0 Å². The van der Waals surface area contributed by atoms with Crippen LogP contribution >= 0.6 is 31.9 Å². The number of esters is 1. The van der Waals surface area contributed by atoms with Gasteiger partial charge < -0.3 is 9.47 Å². The molecule has 1 aliphatic heterocycles. The maximum Gasteiger partial charge on any atom is 0.325 e. The van der Waals surface area contributed by atoms with Crippen molar-refractivity contribution in [3.63, 3.8) is 0 Å². The van der Waals surface area contributed by atoms with E-state index in [1.54, 1.807) is 19.1 Å². The lowest BCUT2D eigenvalue weighted by Gasteiger charge is -2.34. The van der Waals surface area contributed by atoms with E-state index in [1.165, 1.54) is 10.4 Å². The highest BCUT2D eigenvalue weighted by Crippen LogP contribution is 2.35. The molecule has 1 aliphatic rings. The largest absolute Gasteiger partial charge is 0.492 e. The van der Waals surface area contributed by atoms with E-state index in [0.717, 1.165) is 21.2 Å². The van der Waals surface area contributed by atoms with Gasteiger partial charge in [-0.15, -0.1) is 0 Å². The normalized spacial score (nSPS) is 16.0. The molecule has 0 saturated heterocycles. The highest BCUT2D eigenvalue weighted by Gasteiger charge is 2.41. The predicted molar refractivity (Wildman–Crippen MR) is 136 cm³/mol. The second-order valence-corrected chi connectivity index (χ2v) is 11.5. The van der Waals surface area contributed by atoms with Crippen LogP contribution < -0.4 is 4.74 Å². The molecule has 1 heterocycles. The molecule has 178 valence electrons. The van der Waals surface area contributed by atoms with Crippen LogP contribution in [0.25, 0.3) is 0 Å². The van der Waals surface area contributed by atoms with Crippen molar-refractivity contribution in [2.24, 2.45) is 0 Å². The van der Waals surface area contributed by atoms with E-state index in [9.17, 15) is 13.2 Å². The van der Waals surface area contributed by atoms with Crippen LogP contribution in [0.4, 0.5) is 0 Å². The van der Waals surface area contributed by atoms with Gasteiger partial charge >= 0.3 is 5.97 Å². The SMILES string of the molecule is CCOc1ccc(Br)cc1S(=O)(=O)N1Cc2ccccc2C[C@H]1C(=O)OCc1ccc(Br)cc1. The Morgan fingerprint density at radius 1 is 1.00 bits per heavy atom. The maximum absolute atomic E-state index is 13.9. The molecular weight excluding hydrogens is 586 g/mol. The zero-order chi connectivity index (χ0) is 24.3. The standard InChI is InChI=1S/C25H23Br2NO5S/c1-2-32-23-12-11-21(27)14-24(23)34(30,31)28-15-19-6-4-3-5-18(19)13-22(28)25(29)33-16-17-7-9-20(26)10-8-17/h3-12,14,22H,2,13,15-16H2,1H3/t22-/m0/s1. The Balaban J connectivity index is 1.68. The monoisotopic (exact) mass is 607 g/mol. The molecule has 0 aromatic heterocycles. The Morgan fingerprint density at radius 3 is 2.38 bits per heavy atom. The molecule has 0 bridgehead atoms. The Hall–Kier alpha value is -2.20. The van der Waals surface area contributed by atoms with E-state index >= 15 is 0 Å². The first-order valence-corrected chi connectivity index (χ1v) is 13.7. The Labute approximate surface area is 216 Å². The summed E-state index contributed by atoms with van der Waals surface area (Å²) in [7, 11) is -4.09. The van der Waals surface area contributed by atoms with Crippen molar-refractivity contribution >= 4 is 47.9 Å². The molecule has 0 spiro atoms. The lowest BCUT2D eigenvalue weighted by molar-refractivity contribution is -0.150. The van der Waals surface area contributed by atoms with Crippen LogP contribution in [0.2, 0.25) is 0 Å². The van der Waals surface area contributed by atoms with E-state index < -0.39 is 22.0 Å². The number of halogens is 2. The van der Waals surface area contributed by atoms with Gasteiger partial charge in [0.05, 0.1) is 6.61 Å². The van der Waals surface area contributed by atoms with E-state index in [-0.39, 0.29) is 30.2 Å². The van der Waals surface area contributed by atoms with Gasteiger partial charge in [-0.1, -0.05) is 68.3 Å². The highest BCUT2D eigenvalue weighted by atomic mass is 79.9. The molecule has 0 fully saturated rings. The van der Waals surface area contributed by atoms with Crippen molar-refractivity contribution in [2.45, 2.75) is 37.4 Å². The van der Waals surface area contributed by atoms with Gasteiger partial charge in [-0.05, 0) is 53.9 Å². The van der Waals surface area contributed by atoms with Crippen molar-refractivity contribution in [2.75, 3.05) is 6.61 Å². The van der Waals surface area contributed by atoms with Gasteiger partial charge in [0.1, 0.15) is 23.3 Å². The fraction of sp³-hybridized carbons (Fsp3) is 0.240. The summed E-state index contributed by atoms with van der Waals surface area (Å²) in [6.45, 7) is 2.22. The van der Waals surface area contributed by atoms with Gasteiger partial charge in [0.2, 0.25) is 10.0 Å². The molecule has 3 aromatic rings. The second-order valence-electron chi connectivity index (χ2n) is 7.80. The summed E-state index contributed by atoms with van der Waals surface area (Å²) in [6.07, 6.45) is 0.229. The second kappa shape index (κ2) is 10.6. The van der Waals surface area contributed by atoms with Crippen LogP contribution in [0.5, 0.6) is 5.75 Å². The first kappa shape index (κ1) is 24.9. The molecule has 0 saturated carbocycles. The van der Waals surface area contributed by atoms with Crippen molar-refractivity contribution in [1.82, 2.24) is 4.31 Å². The molecule has 34 heavy (non-hydrogen) atoms. The third-order valence-electron chi connectivity index (χ3n) is 5.56. The minimum atomic E-state index is -4.09. The fourth-order valence-electron chi connectivity index (χ4n) is 3.87. The molecule has 0 amide bonds. The minimum Gasteiger partial charge on any atom is -0.492 e. The average molecular weight is 609 g/mol. The van der Waals surface area contributed by atoms with Gasteiger partial charge in [-0.25, -0.2) is 8.42 Å². The third-order valence-corrected chi connectivity index (χ3v) is 8.46. The van der Waals surface area contributed by atoms with Crippen LogP contribution in [0, 0.1) is 0 Å². The van der Waals surface area contributed by atoms with Crippen LogP contribution in [0.1, 0.15) is 23.6 Å². The lowest BCUT2D eigenvalue weighted by Crippen LogP contribution is -2.49. The maximum atomic E-state index is 13.9.